The first kappa shape index (κ1) is 30.4. The van der Waals surface area contributed by atoms with Gasteiger partial charge in [-0.05, 0) is 45.9 Å². The van der Waals surface area contributed by atoms with Gasteiger partial charge in [-0.3, -0.25) is 14.6 Å². The molecule has 15 heteroatoms. The van der Waals surface area contributed by atoms with Gasteiger partial charge in [0.15, 0.2) is 0 Å². The molecule has 3 aromatic rings. The Bertz CT molecular complexity index is 1420. The van der Waals surface area contributed by atoms with Crippen molar-refractivity contribution in [1.29, 1.82) is 0 Å². The van der Waals surface area contributed by atoms with E-state index in [-0.39, 0.29) is 35.6 Å². The number of benzene rings is 1. The van der Waals surface area contributed by atoms with Crippen LogP contribution in [0.3, 0.4) is 0 Å². The topological polar surface area (TPSA) is 97.3 Å². The van der Waals surface area contributed by atoms with E-state index in [9.17, 15) is 35.9 Å². The van der Waals surface area contributed by atoms with Crippen LogP contribution in [0.1, 0.15) is 69.4 Å². The maximum Gasteiger partial charge on any atom is 0.416 e. The van der Waals surface area contributed by atoms with Crippen molar-refractivity contribution in [2.45, 2.75) is 58.3 Å². The van der Waals surface area contributed by atoms with Gasteiger partial charge in [-0.15, -0.1) is 11.3 Å². The average molecular weight is 602 g/mol. The fourth-order valence-electron chi connectivity index (χ4n) is 4.38. The van der Waals surface area contributed by atoms with E-state index in [0.29, 0.717) is 40.8 Å². The average Bonchev–Trinajstić information content (AvgIpc) is 3.36. The molecule has 0 aliphatic carbocycles. The maximum absolute atomic E-state index is 13.3. The van der Waals surface area contributed by atoms with Crippen LogP contribution in [0.15, 0.2) is 30.6 Å². The van der Waals surface area contributed by atoms with E-state index in [0.717, 1.165) is 11.3 Å². The maximum atomic E-state index is 13.3. The van der Waals surface area contributed by atoms with Gasteiger partial charge in [0.2, 0.25) is 0 Å². The smallest absolute Gasteiger partial charge is 0.372 e. The molecule has 1 aromatic carbocycles. The van der Waals surface area contributed by atoms with E-state index in [4.69, 9.17) is 4.74 Å². The van der Waals surface area contributed by atoms with Crippen molar-refractivity contribution in [2.75, 3.05) is 13.1 Å². The largest absolute Gasteiger partial charge is 0.416 e. The molecule has 3 heterocycles. The third kappa shape index (κ3) is 7.01. The van der Waals surface area contributed by atoms with Crippen LogP contribution in [0.2, 0.25) is 0 Å². The summed E-state index contributed by atoms with van der Waals surface area (Å²) in [6.07, 6.45) is -7.66. The summed E-state index contributed by atoms with van der Waals surface area (Å²) in [5.74, 6) is -1.42. The highest BCUT2D eigenvalue weighted by Gasteiger charge is 2.38. The molecule has 0 spiro atoms. The first-order valence-corrected chi connectivity index (χ1v) is 13.2. The lowest BCUT2D eigenvalue weighted by atomic mass is 10.0. The first-order valence-electron chi connectivity index (χ1n) is 12.4. The fraction of sp³-hybridized carbons (Fsp3) is 0.423. The van der Waals surface area contributed by atoms with Crippen LogP contribution in [0.25, 0.3) is 10.7 Å². The number of rotatable bonds is 5. The van der Waals surface area contributed by atoms with Gasteiger partial charge >= 0.3 is 12.4 Å². The molecule has 220 valence electrons. The standard InChI is InChI=1S/C26H25F6N5O3S/c1-12-8-33-21(23-34-9-19(41-23)24(39)37-10-13(2)40-14(3)11-37)20(35-12)15(4)36-22(38)16-5-17(25(27,28)29)7-18(6-16)26(30,31)32/h5-9,13-15H,10-11H2,1-4H3,(H,36,38)/t13-,14+,15?. The van der Waals surface area contributed by atoms with Crippen LogP contribution in [0, 0.1) is 6.92 Å². The molecule has 1 aliphatic heterocycles. The summed E-state index contributed by atoms with van der Waals surface area (Å²) >= 11 is 1.04. The molecule has 0 radical (unpaired) electrons. The molecule has 1 saturated heterocycles. The number of aryl methyl sites for hydroxylation is 1. The molecule has 3 atom stereocenters. The van der Waals surface area contributed by atoms with Gasteiger partial charge in [0, 0.05) is 24.8 Å². The van der Waals surface area contributed by atoms with Gasteiger partial charge in [0.25, 0.3) is 11.8 Å². The molecule has 0 saturated carbocycles. The monoisotopic (exact) mass is 601 g/mol. The SMILES string of the molecule is Cc1cnc(-c2ncc(C(=O)N3C[C@@H](C)O[C@@H](C)C3)s2)c(C(C)NC(=O)c2cc(C(F)(F)F)cc(C(F)(F)F)c2)n1. The fourth-order valence-corrected chi connectivity index (χ4v) is 5.27. The van der Waals surface area contributed by atoms with E-state index >= 15 is 0 Å². The van der Waals surface area contributed by atoms with E-state index in [2.05, 4.69) is 20.3 Å². The van der Waals surface area contributed by atoms with Crippen molar-refractivity contribution in [2.24, 2.45) is 0 Å². The normalized spacial score (nSPS) is 18.7. The molecule has 1 fully saturated rings. The summed E-state index contributed by atoms with van der Waals surface area (Å²) in [6, 6.07) is -0.347. The van der Waals surface area contributed by atoms with Crippen LogP contribution >= 0.6 is 11.3 Å². The number of carbonyl (C=O) groups is 2. The molecule has 1 aliphatic rings. The van der Waals surface area contributed by atoms with E-state index in [1.54, 1.807) is 11.8 Å². The van der Waals surface area contributed by atoms with Crippen LogP contribution < -0.4 is 5.32 Å². The summed E-state index contributed by atoms with van der Waals surface area (Å²) in [5, 5.41) is 2.71. The van der Waals surface area contributed by atoms with Crippen molar-refractivity contribution < 1.29 is 40.7 Å². The van der Waals surface area contributed by atoms with Gasteiger partial charge in [-0.25, -0.2) is 9.97 Å². The molecular weight excluding hydrogens is 576 g/mol. The number of ether oxygens (including phenoxy) is 1. The third-order valence-electron chi connectivity index (χ3n) is 6.15. The lowest BCUT2D eigenvalue weighted by molar-refractivity contribution is -0.143. The number of alkyl halides is 6. The zero-order valence-corrected chi connectivity index (χ0v) is 23.0. The number of morpholine rings is 1. The van der Waals surface area contributed by atoms with E-state index in [1.165, 1.54) is 19.3 Å². The van der Waals surface area contributed by atoms with Crippen molar-refractivity contribution in [3.63, 3.8) is 0 Å². The lowest BCUT2D eigenvalue weighted by Crippen LogP contribution is -2.48. The predicted molar refractivity (Wildman–Crippen MR) is 136 cm³/mol. The Kier molecular flexibility index (Phi) is 8.41. The van der Waals surface area contributed by atoms with Crippen molar-refractivity contribution in [3.05, 3.63) is 63.5 Å². The summed E-state index contributed by atoms with van der Waals surface area (Å²) in [6.45, 7) is 7.61. The Balaban J connectivity index is 1.61. The van der Waals surface area contributed by atoms with Gasteiger partial charge in [0.05, 0.1) is 47.0 Å². The van der Waals surface area contributed by atoms with Crippen LogP contribution in [-0.4, -0.2) is 57.0 Å². The molecule has 4 rings (SSSR count). The van der Waals surface area contributed by atoms with E-state index < -0.39 is 41.0 Å². The number of hydrogen-bond donors (Lipinski definition) is 1. The van der Waals surface area contributed by atoms with Crippen molar-refractivity contribution in [1.82, 2.24) is 25.2 Å². The number of halogens is 6. The Labute approximate surface area is 234 Å². The summed E-state index contributed by atoms with van der Waals surface area (Å²) in [5.41, 5.74) is -3.22. The molecular formula is C26H25F6N5O3S. The second-order valence-corrected chi connectivity index (χ2v) is 10.8. The number of amides is 2. The molecule has 1 unspecified atom stereocenters. The van der Waals surface area contributed by atoms with Gasteiger partial charge in [0.1, 0.15) is 15.6 Å². The van der Waals surface area contributed by atoms with Gasteiger partial charge in [-0.2, -0.15) is 26.3 Å². The number of hydrogen-bond acceptors (Lipinski definition) is 7. The quantitative estimate of drug-likeness (QED) is 0.378. The zero-order valence-electron chi connectivity index (χ0n) is 22.2. The second-order valence-electron chi connectivity index (χ2n) is 9.73. The molecule has 41 heavy (non-hydrogen) atoms. The van der Waals surface area contributed by atoms with Crippen molar-refractivity contribution >= 4 is 23.2 Å². The molecule has 2 amide bonds. The minimum atomic E-state index is -5.10. The molecule has 2 aromatic heterocycles. The molecule has 1 N–H and O–H groups in total. The highest BCUT2D eigenvalue weighted by atomic mass is 32.1. The minimum Gasteiger partial charge on any atom is -0.372 e. The highest BCUT2D eigenvalue weighted by molar-refractivity contribution is 7.16. The Morgan fingerprint density at radius 2 is 1.59 bits per heavy atom. The highest BCUT2D eigenvalue weighted by Crippen LogP contribution is 2.37. The Hall–Kier alpha value is -3.59. The minimum absolute atomic E-state index is 0.0517. The first-order chi connectivity index (χ1) is 19.0. The van der Waals surface area contributed by atoms with Crippen LogP contribution in [0.4, 0.5) is 26.3 Å². The number of nitrogens with zero attached hydrogens (tertiary/aromatic N) is 4. The van der Waals surface area contributed by atoms with Crippen molar-refractivity contribution in [3.8, 4) is 10.7 Å². The summed E-state index contributed by atoms with van der Waals surface area (Å²) < 4.78 is 85.3. The Morgan fingerprint density at radius 1 is 1.00 bits per heavy atom. The van der Waals surface area contributed by atoms with Gasteiger partial charge < -0.3 is 15.0 Å². The third-order valence-corrected chi connectivity index (χ3v) is 7.15. The lowest BCUT2D eigenvalue weighted by Gasteiger charge is -2.35. The second kappa shape index (κ2) is 11.4. The number of nitrogens with one attached hydrogen (secondary N) is 1. The number of carbonyl (C=O) groups excluding carboxylic acids is 2. The van der Waals surface area contributed by atoms with Gasteiger partial charge in [-0.1, -0.05) is 0 Å². The molecule has 8 nitrogen and oxygen atoms in total. The number of aromatic nitrogens is 3. The Morgan fingerprint density at radius 3 is 2.15 bits per heavy atom. The van der Waals surface area contributed by atoms with Crippen LogP contribution in [-0.2, 0) is 17.1 Å². The van der Waals surface area contributed by atoms with E-state index in [1.807, 2.05) is 13.8 Å². The predicted octanol–water partition coefficient (Wildman–Crippen LogP) is 5.69. The summed E-state index contributed by atoms with van der Waals surface area (Å²) in [4.78, 5) is 41.0. The molecule has 0 bridgehead atoms. The summed E-state index contributed by atoms with van der Waals surface area (Å²) in [7, 11) is 0. The number of thiazole rings is 1. The van der Waals surface area contributed by atoms with Crippen LogP contribution in [0.5, 0.6) is 0 Å². The zero-order chi connectivity index (χ0) is 30.3.